The van der Waals surface area contributed by atoms with Gasteiger partial charge in [0.1, 0.15) is 0 Å². The highest BCUT2D eigenvalue weighted by molar-refractivity contribution is 7.86. The van der Waals surface area contributed by atoms with Gasteiger partial charge in [-0.1, -0.05) is 24.3 Å². The lowest BCUT2D eigenvalue weighted by molar-refractivity contribution is 0.599. The largest absolute Gasteiger partial charge is 0.312 e. The summed E-state index contributed by atoms with van der Waals surface area (Å²) in [6.45, 7) is 2.19. The first-order valence-corrected chi connectivity index (χ1v) is 6.16. The Hall–Kier alpha value is -0.950. The van der Waals surface area contributed by atoms with Crippen molar-refractivity contribution in [3.63, 3.8) is 0 Å². The summed E-state index contributed by atoms with van der Waals surface area (Å²) in [5, 5.41) is 11.5. The zero-order chi connectivity index (χ0) is 11.3. The van der Waals surface area contributed by atoms with Crippen molar-refractivity contribution in [1.82, 2.24) is 5.32 Å². The molecule has 0 aromatic heterocycles. The average Bonchev–Trinajstić information content (AvgIpc) is 2.16. The molecule has 0 unspecified atom stereocenters. The number of hydrogen-bond acceptors (Lipinski definition) is 3. The van der Waals surface area contributed by atoms with Gasteiger partial charge < -0.3 is 5.32 Å². The van der Waals surface area contributed by atoms with Crippen LogP contribution in [0.1, 0.15) is 11.1 Å². The molecule has 5 N–H and O–H groups in total. The van der Waals surface area contributed by atoms with Crippen molar-refractivity contribution < 1.29 is 8.42 Å². The summed E-state index contributed by atoms with van der Waals surface area (Å²) in [5.74, 6) is 0. The van der Waals surface area contributed by atoms with Crippen LogP contribution in [0.2, 0.25) is 0 Å². The lowest BCUT2D eigenvalue weighted by atomic mass is 10.0. The molecule has 1 heterocycles. The van der Waals surface area contributed by atoms with Crippen LogP contribution in [0.15, 0.2) is 24.3 Å². The van der Waals surface area contributed by atoms with Gasteiger partial charge in [-0.2, -0.15) is 8.42 Å². The number of nitrogens with one attached hydrogen (secondary N) is 1. The van der Waals surface area contributed by atoms with Gasteiger partial charge in [0.05, 0.1) is 0 Å². The minimum absolute atomic E-state index is 1.05. The fourth-order valence-electron chi connectivity index (χ4n) is 1.42. The van der Waals surface area contributed by atoms with Crippen LogP contribution in [0.25, 0.3) is 0 Å². The predicted molar refractivity (Wildman–Crippen MR) is 59.1 cm³/mol. The summed E-state index contributed by atoms with van der Waals surface area (Å²) < 4.78 is 18.4. The minimum atomic E-state index is -3.67. The molecule has 0 aliphatic carbocycles. The van der Waals surface area contributed by atoms with Crippen molar-refractivity contribution in [1.29, 1.82) is 0 Å². The van der Waals surface area contributed by atoms with Gasteiger partial charge in [0, 0.05) is 6.54 Å². The average molecular weight is 229 g/mol. The molecule has 1 aromatic carbocycles. The van der Waals surface area contributed by atoms with Crippen LogP contribution in [0.4, 0.5) is 0 Å². The van der Waals surface area contributed by atoms with Crippen molar-refractivity contribution in [3.8, 4) is 0 Å². The molecule has 0 radical (unpaired) electrons. The minimum Gasteiger partial charge on any atom is -0.312 e. The van der Waals surface area contributed by atoms with Crippen LogP contribution in [0.3, 0.4) is 0 Å². The fraction of sp³-hybridized carbons (Fsp3) is 0.333. The van der Waals surface area contributed by atoms with Gasteiger partial charge in [0.25, 0.3) is 10.2 Å². The van der Waals surface area contributed by atoms with Crippen LogP contribution in [-0.4, -0.2) is 15.0 Å². The van der Waals surface area contributed by atoms with Crippen molar-refractivity contribution in [2.45, 2.75) is 13.0 Å². The number of nitrogens with two attached hydrogens (primary N) is 2. The molecule has 6 heteroatoms. The smallest absolute Gasteiger partial charge is 0.271 e. The molecule has 0 saturated heterocycles. The fourth-order valence-corrected chi connectivity index (χ4v) is 1.42. The molecule has 1 aliphatic heterocycles. The van der Waals surface area contributed by atoms with Gasteiger partial charge in [-0.25, -0.2) is 10.3 Å². The Morgan fingerprint density at radius 2 is 1.67 bits per heavy atom. The molecule has 1 aliphatic rings. The van der Waals surface area contributed by atoms with E-state index >= 15 is 0 Å². The quantitative estimate of drug-likeness (QED) is 0.558. The third-order valence-corrected chi connectivity index (χ3v) is 2.00. The summed E-state index contributed by atoms with van der Waals surface area (Å²) >= 11 is 0. The molecule has 0 saturated carbocycles. The summed E-state index contributed by atoms with van der Waals surface area (Å²) in [7, 11) is -3.67. The van der Waals surface area contributed by atoms with Gasteiger partial charge >= 0.3 is 0 Å². The van der Waals surface area contributed by atoms with Crippen molar-refractivity contribution in [2.75, 3.05) is 6.54 Å². The Labute approximate surface area is 89.7 Å². The first kappa shape index (κ1) is 12.1. The first-order valence-electron chi connectivity index (χ1n) is 4.55. The Balaban J connectivity index is 0.000000195. The Bertz CT molecular complexity index is 384. The number of rotatable bonds is 0. The normalized spacial score (nSPS) is 14.8. The van der Waals surface area contributed by atoms with Gasteiger partial charge in [-0.05, 0) is 24.1 Å². The van der Waals surface area contributed by atoms with Gasteiger partial charge in [-0.3, -0.25) is 0 Å². The number of benzene rings is 1. The van der Waals surface area contributed by atoms with Crippen LogP contribution in [0, 0.1) is 0 Å². The highest BCUT2D eigenvalue weighted by Gasteiger charge is 2.05. The summed E-state index contributed by atoms with van der Waals surface area (Å²) in [6.07, 6.45) is 1.19. The van der Waals surface area contributed by atoms with Crippen LogP contribution in [-0.2, 0) is 23.2 Å². The first-order chi connectivity index (χ1) is 6.97. The van der Waals surface area contributed by atoms with Gasteiger partial charge in [0.15, 0.2) is 0 Å². The Morgan fingerprint density at radius 1 is 1.13 bits per heavy atom. The second kappa shape index (κ2) is 5.22. The van der Waals surface area contributed by atoms with Gasteiger partial charge in [0.2, 0.25) is 0 Å². The highest BCUT2D eigenvalue weighted by atomic mass is 32.2. The zero-order valence-electron chi connectivity index (χ0n) is 8.31. The maximum Gasteiger partial charge on any atom is 0.271 e. The van der Waals surface area contributed by atoms with Crippen LogP contribution < -0.4 is 15.6 Å². The van der Waals surface area contributed by atoms with E-state index in [-0.39, 0.29) is 0 Å². The van der Waals surface area contributed by atoms with E-state index in [2.05, 4.69) is 39.9 Å². The van der Waals surface area contributed by atoms with Gasteiger partial charge in [-0.15, -0.1) is 0 Å². The van der Waals surface area contributed by atoms with E-state index in [1.54, 1.807) is 0 Å². The molecule has 0 fully saturated rings. The highest BCUT2D eigenvalue weighted by Crippen LogP contribution is 2.11. The van der Waals surface area contributed by atoms with Crippen molar-refractivity contribution in [3.05, 3.63) is 35.4 Å². The van der Waals surface area contributed by atoms with Crippen molar-refractivity contribution >= 4 is 10.2 Å². The molecule has 0 spiro atoms. The Kier molecular flexibility index (Phi) is 4.22. The lowest BCUT2D eigenvalue weighted by Gasteiger charge is -2.15. The predicted octanol–water partition coefficient (Wildman–Crippen LogP) is -0.519. The lowest BCUT2D eigenvalue weighted by Crippen LogP contribution is -2.23. The second-order valence-electron chi connectivity index (χ2n) is 3.28. The molecular formula is C9H15N3O2S. The number of hydrogen-bond donors (Lipinski definition) is 3. The van der Waals surface area contributed by atoms with E-state index in [1.807, 2.05) is 0 Å². The summed E-state index contributed by atoms with van der Waals surface area (Å²) in [6, 6.07) is 8.63. The molecule has 1 aromatic rings. The second-order valence-corrected chi connectivity index (χ2v) is 4.46. The molecular weight excluding hydrogens is 214 g/mol. The van der Waals surface area contributed by atoms with Crippen LogP contribution >= 0.6 is 0 Å². The Morgan fingerprint density at radius 3 is 2.20 bits per heavy atom. The standard InChI is InChI=1S/C9H11N.H4N2O2S/c1-2-4-9-7-10-6-5-8(9)3-1;1-5(2,3)4/h1-4,10H,5-7H2;(H4,1,2,3,4). The van der Waals surface area contributed by atoms with E-state index in [1.165, 1.54) is 17.5 Å². The zero-order valence-corrected chi connectivity index (χ0v) is 9.13. The molecule has 15 heavy (non-hydrogen) atoms. The van der Waals surface area contributed by atoms with Crippen molar-refractivity contribution in [2.24, 2.45) is 10.3 Å². The molecule has 2 rings (SSSR count). The molecule has 5 nitrogen and oxygen atoms in total. The van der Waals surface area contributed by atoms with E-state index < -0.39 is 10.2 Å². The maximum absolute atomic E-state index is 9.19. The molecule has 0 atom stereocenters. The third kappa shape index (κ3) is 5.48. The topological polar surface area (TPSA) is 98.2 Å². The maximum atomic E-state index is 9.19. The molecule has 0 amide bonds. The van der Waals surface area contributed by atoms with Crippen LogP contribution in [0.5, 0.6) is 0 Å². The number of fused-ring (bicyclic) bond motifs is 1. The molecule has 0 bridgehead atoms. The summed E-state index contributed by atoms with van der Waals surface area (Å²) in [5.41, 5.74) is 2.98. The SMILES string of the molecule is NS(N)(=O)=O.c1ccc2c(c1)CCNC2. The molecule has 84 valence electrons. The third-order valence-electron chi connectivity index (χ3n) is 2.00. The van der Waals surface area contributed by atoms with E-state index in [4.69, 9.17) is 0 Å². The van der Waals surface area contributed by atoms with E-state index in [9.17, 15) is 8.42 Å². The summed E-state index contributed by atoms with van der Waals surface area (Å²) in [4.78, 5) is 0. The monoisotopic (exact) mass is 229 g/mol. The van der Waals surface area contributed by atoms with E-state index in [0.717, 1.165) is 13.1 Å². The van der Waals surface area contributed by atoms with E-state index in [0.29, 0.717) is 0 Å².